The van der Waals surface area contributed by atoms with Crippen LogP contribution >= 0.6 is 15.9 Å². The second-order valence-corrected chi connectivity index (χ2v) is 7.87. The number of hydrogen-bond donors (Lipinski definition) is 2. The Labute approximate surface area is 156 Å². The maximum Gasteiger partial charge on any atom is 0.348 e. The van der Waals surface area contributed by atoms with Gasteiger partial charge in [0.25, 0.3) is 0 Å². The summed E-state index contributed by atoms with van der Waals surface area (Å²) in [6.07, 6.45) is 2.62. The van der Waals surface area contributed by atoms with Gasteiger partial charge in [-0.25, -0.2) is 23.2 Å². The van der Waals surface area contributed by atoms with E-state index in [9.17, 15) is 18.4 Å². The lowest BCUT2D eigenvalue weighted by Gasteiger charge is -2.26. The van der Waals surface area contributed by atoms with Gasteiger partial charge >= 0.3 is 5.69 Å². The quantitative estimate of drug-likeness (QED) is 0.717. The van der Waals surface area contributed by atoms with E-state index in [2.05, 4.69) is 31.4 Å². The summed E-state index contributed by atoms with van der Waals surface area (Å²) in [6, 6.07) is 1.91. The molecule has 138 valence electrons. The average molecular weight is 427 g/mol. The lowest BCUT2D eigenvalue weighted by atomic mass is 9.77. The fraction of sp³-hybridized carbons (Fsp3) is 0.471. The van der Waals surface area contributed by atoms with Crippen LogP contribution in [0.5, 0.6) is 0 Å². The Morgan fingerprint density at radius 3 is 2.77 bits per heavy atom. The van der Waals surface area contributed by atoms with Crippen LogP contribution in [0.15, 0.2) is 21.4 Å². The number of ketones is 1. The summed E-state index contributed by atoms with van der Waals surface area (Å²) in [7, 11) is 0. The topological polar surface area (TPSA) is 79.8 Å². The van der Waals surface area contributed by atoms with Gasteiger partial charge in [0.05, 0.1) is 10.2 Å². The maximum atomic E-state index is 14.4. The van der Waals surface area contributed by atoms with Gasteiger partial charge in [-0.3, -0.25) is 4.79 Å². The van der Waals surface area contributed by atoms with Crippen LogP contribution in [0.1, 0.15) is 25.1 Å². The smallest absolute Gasteiger partial charge is 0.316 e. The maximum absolute atomic E-state index is 14.4. The van der Waals surface area contributed by atoms with Crippen LogP contribution < -0.4 is 11.0 Å². The van der Waals surface area contributed by atoms with Crippen LogP contribution in [-0.4, -0.2) is 33.6 Å². The molecule has 1 aliphatic carbocycles. The molecule has 1 aromatic heterocycles. The third kappa shape index (κ3) is 2.92. The summed E-state index contributed by atoms with van der Waals surface area (Å²) < 4.78 is 29.3. The summed E-state index contributed by atoms with van der Waals surface area (Å²) in [4.78, 5) is 25.1. The molecular formula is C17H17BrF2N4O2. The number of nitrogens with one attached hydrogen (secondary N) is 2. The first-order chi connectivity index (χ1) is 12.4. The number of Topliss-reactive ketones (excluding diaryl/α,β-unsaturated/α-hetero) is 1. The first-order valence-electron chi connectivity index (χ1n) is 8.47. The number of nitrogens with zero attached hydrogens (tertiary/aromatic N) is 2. The Kier molecular flexibility index (Phi) is 4.31. The first kappa shape index (κ1) is 17.5. The van der Waals surface area contributed by atoms with Gasteiger partial charge < -0.3 is 5.32 Å². The van der Waals surface area contributed by atoms with Gasteiger partial charge in [-0.05, 0) is 47.8 Å². The van der Waals surface area contributed by atoms with Crippen molar-refractivity contribution in [2.24, 2.45) is 11.3 Å². The minimum Gasteiger partial charge on any atom is -0.316 e. The van der Waals surface area contributed by atoms with Crippen molar-refractivity contribution in [2.45, 2.75) is 25.7 Å². The summed E-state index contributed by atoms with van der Waals surface area (Å²) in [6.45, 7) is 1.20. The predicted molar refractivity (Wildman–Crippen MR) is 93.2 cm³/mol. The summed E-state index contributed by atoms with van der Waals surface area (Å²) in [5.41, 5.74) is -1.55. The molecule has 1 atom stereocenters. The van der Waals surface area contributed by atoms with E-state index < -0.39 is 22.7 Å². The molecule has 1 aromatic carbocycles. The number of carbonyl (C=O) groups excluding carboxylic acids is 1. The zero-order valence-corrected chi connectivity index (χ0v) is 15.4. The fourth-order valence-corrected chi connectivity index (χ4v) is 3.97. The van der Waals surface area contributed by atoms with Gasteiger partial charge in [-0.1, -0.05) is 0 Å². The molecule has 0 unspecified atom stereocenters. The van der Waals surface area contributed by atoms with Crippen molar-refractivity contribution < 1.29 is 13.6 Å². The zero-order chi connectivity index (χ0) is 18.5. The van der Waals surface area contributed by atoms with Crippen LogP contribution in [0.2, 0.25) is 0 Å². The molecule has 2 aliphatic rings. The van der Waals surface area contributed by atoms with Crippen LogP contribution in [0, 0.1) is 23.0 Å². The highest BCUT2D eigenvalue weighted by atomic mass is 79.9. The largest absolute Gasteiger partial charge is 0.348 e. The molecule has 0 radical (unpaired) electrons. The Morgan fingerprint density at radius 1 is 1.35 bits per heavy atom. The van der Waals surface area contributed by atoms with Crippen LogP contribution in [0.3, 0.4) is 0 Å². The number of halogens is 3. The van der Waals surface area contributed by atoms with E-state index in [4.69, 9.17) is 0 Å². The zero-order valence-electron chi connectivity index (χ0n) is 13.8. The first-order valence-corrected chi connectivity index (χ1v) is 9.27. The third-order valence-electron chi connectivity index (χ3n) is 5.18. The highest BCUT2D eigenvalue weighted by Gasteiger charge is 2.48. The second-order valence-electron chi connectivity index (χ2n) is 7.02. The van der Waals surface area contributed by atoms with E-state index in [-0.39, 0.29) is 34.1 Å². The lowest BCUT2D eigenvalue weighted by molar-refractivity contribution is -0.129. The number of rotatable bonds is 5. The van der Waals surface area contributed by atoms with E-state index in [0.29, 0.717) is 19.5 Å². The Morgan fingerprint density at radius 2 is 2.12 bits per heavy atom. The summed E-state index contributed by atoms with van der Waals surface area (Å²) in [5, 5.41) is 9.50. The highest BCUT2D eigenvalue weighted by Crippen LogP contribution is 2.42. The number of carbonyl (C=O) groups is 1. The Balaban J connectivity index is 1.76. The molecule has 1 saturated carbocycles. The molecule has 1 aliphatic heterocycles. The van der Waals surface area contributed by atoms with Crippen LogP contribution in [-0.2, 0) is 11.2 Å². The molecule has 0 spiro atoms. The van der Waals surface area contributed by atoms with Crippen LogP contribution in [0.4, 0.5) is 8.78 Å². The molecule has 4 rings (SSSR count). The standard InChI is InChI=1S/C17H17BrF2N4O2/c18-10-5-12(20)13(6-11(10)19)24-14(22-23-16(24)26)7-17(3-4-21-8-17)15(25)9-1-2-9/h5-6,9,21H,1-4,7-8H2,(H,23,26)/t17-/m0/s1. The molecule has 2 fully saturated rings. The van der Waals surface area contributed by atoms with E-state index in [0.717, 1.165) is 29.5 Å². The Bertz CT molecular complexity index is 929. The van der Waals surface area contributed by atoms with E-state index in [1.165, 1.54) is 0 Å². The summed E-state index contributed by atoms with van der Waals surface area (Å²) >= 11 is 2.92. The van der Waals surface area contributed by atoms with Crippen molar-refractivity contribution in [1.82, 2.24) is 20.1 Å². The molecule has 9 heteroatoms. The van der Waals surface area contributed by atoms with E-state index in [1.807, 2.05) is 0 Å². The van der Waals surface area contributed by atoms with Crippen molar-refractivity contribution in [3.63, 3.8) is 0 Å². The molecule has 2 heterocycles. The molecule has 2 aromatic rings. The Hall–Kier alpha value is -1.87. The highest BCUT2D eigenvalue weighted by molar-refractivity contribution is 9.10. The third-order valence-corrected chi connectivity index (χ3v) is 5.79. The number of aromatic nitrogens is 3. The normalized spacial score (nSPS) is 22.7. The summed E-state index contributed by atoms with van der Waals surface area (Å²) in [5.74, 6) is -0.974. The molecule has 2 N–H and O–H groups in total. The van der Waals surface area contributed by atoms with Crippen molar-refractivity contribution >= 4 is 21.7 Å². The lowest BCUT2D eigenvalue weighted by Crippen LogP contribution is -2.38. The minimum absolute atomic E-state index is 0.0304. The molecule has 0 bridgehead atoms. The van der Waals surface area contributed by atoms with Gasteiger partial charge in [-0.2, -0.15) is 5.10 Å². The van der Waals surface area contributed by atoms with Gasteiger partial charge in [0.1, 0.15) is 23.2 Å². The number of hydrogen-bond acceptors (Lipinski definition) is 4. The number of H-pyrrole nitrogens is 1. The second kappa shape index (κ2) is 6.38. The molecule has 26 heavy (non-hydrogen) atoms. The predicted octanol–water partition coefficient (Wildman–Crippen LogP) is 2.10. The average Bonchev–Trinajstić information content (AvgIpc) is 3.25. The van der Waals surface area contributed by atoms with Gasteiger partial charge in [-0.15, -0.1) is 0 Å². The van der Waals surface area contributed by atoms with Crippen molar-refractivity contribution in [3.8, 4) is 5.69 Å². The van der Waals surface area contributed by atoms with E-state index >= 15 is 0 Å². The van der Waals surface area contributed by atoms with E-state index in [1.54, 1.807) is 0 Å². The van der Waals surface area contributed by atoms with Crippen LogP contribution in [0.25, 0.3) is 5.69 Å². The molecular weight excluding hydrogens is 410 g/mol. The molecule has 6 nitrogen and oxygen atoms in total. The molecule has 0 amide bonds. The SMILES string of the molecule is O=C(C1CC1)[C@]1(Cc2n[nH]c(=O)n2-c2cc(F)c(Br)cc2F)CCNC1. The number of aromatic amines is 1. The van der Waals surface area contributed by atoms with Crippen molar-refractivity contribution in [3.05, 3.63) is 44.5 Å². The number of benzene rings is 1. The van der Waals surface area contributed by atoms with Gasteiger partial charge in [0.15, 0.2) is 0 Å². The monoisotopic (exact) mass is 426 g/mol. The van der Waals surface area contributed by atoms with Gasteiger partial charge in [0, 0.05) is 30.4 Å². The minimum atomic E-state index is -0.754. The fourth-order valence-electron chi connectivity index (χ4n) is 3.65. The van der Waals surface area contributed by atoms with Crippen molar-refractivity contribution in [1.29, 1.82) is 0 Å². The van der Waals surface area contributed by atoms with Crippen molar-refractivity contribution in [2.75, 3.05) is 13.1 Å². The van der Waals surface area contributed by atoms with Gasteiger partial charge in [0.2, 0.25) is 0 Å². The molecule has 1 saturated heterocycles.